The van der Waals surface area contributed by atoms with Crippen LogP contribution in [-0.2, 0) is 17.8 Å². The summed E-state index contributed by atoms with van der Waals surface area (Å²) < 4.78 is 1.89. The number of carbonyl (C=O) groups is 1. The van der Waals surface area contributed by atoms with E-state index in [2.05, 4.69) is 5.10 Å². The molecule has 4 heteroatoms. The molecule has 0 spiro atoms. The third-order valence-electron chi connectivity index (χ3n) is 3.11. The summed E-state index contributed by atoms with van der Waals surface area (Å²) >= 11 is 0. The molecule has 0 saturated carbocycles. The third kappa shape index (κ3) is 3.40. The van der Waals surface area contributed by atoms with Crippen molar-refractivity contribution in [2.45, 2.75) is 40.7 Å². The molecule has 96 valence electrons. The van der Waals surface area contributed by atoms with Crippen LogP contribution in [0.25, 0.3) is 0 Å². The average molecular weight is 237 g/mol. The molecule has 1 rings (SSSR count). The van der Waals surface area contributed by atoms with Gasteiger partial charge in [0.25, 0.3) is 0 Å². The van der Waals surface area contributed by atoms with Crippen LogP contribution >= 0.6 is 0 Å². The van der Waals surface area contributed by atoms with Crippen molar-refractivity contribution in [3.63, 3.8) is 0 Å². The van der Waals surface area contributed by atoms with Crippen molar-refractivity contribution in [3.8, 4) is 0 Å². The Kier molecular flexibility index (Phi) is 4.87. The largest absolute Gasteiger partial charge is 0.330 e. The summed E-state index contributed by atoms with van der Waals surface area (Å²) in [5.74, 6) is 0.471. The Bertz CT molecular complexity index is 382. The molecule has 17 heavy (non-hydrogen) atoms. The van der Waals surface area contributed by atoms with Gasteiger partial charge < -0.3 is 5.73 Å². The maximum atomic E-state index is 12.1. The van der Waals surface area contributed by atoms with Gasteiger partial charge in [-0.25, -0.2) is 0 Å². The maximum Gasteiger partial charge on any atom is 0.143 e. The van der Waals surface area contributed by atoms with Gasteiger partial charge in [-0.05, 0) is 25.8 Å². The van der Waals surface area contributed by atoms with E-state index in [9.17, 15) is 4.79 Å². The number of nitrogens with zero attached hydrogens (tertiary/aromatic N) is 2. The van der Waals surface area contributed by atoms with Crippen LogP contribution in [0.2, 0.25) is 0 Å². The van der Waals surface area contributed by atoms with E-state index >= 15 is 0 Å². The van der Waals surface area contributed by atoms with Gasteiger partial charge in [-0.2, -0.15) is 5.10 Å². The topological polar surface area (TPSA) is 60.9 Å². The lowest BCUT2D eigenvalue weighted by Gasteiger charge is -2.17. The van der Waals surface area contributed by atoms with Crippen molar-refractivity contribution in [2.24, 2.45) is 17.6 Å². The molecule has 2 N–H and O–H groups in total. The summed E-state index contributed by atoms with van der Waals surface area (Å²) in [5, 5.41) is 4.35. The monoisotopic (exact) mass is 237 g/mol. The van der Waals surface area contributed by atoms with Gasteiger partial charge in [-0.15, -0.1) is 0 Å². The lowest BCUT2D eigenvalue weighted by Crippen LogP contribution is -2.30. The Balaban J connectivity index is 2.79. The number of hydrogen-bond donors (Lipinski definition) is 1. The van der Waals surface area contributed by atoms with E-state index in [1.165, 1.54) is 0 Å². The number of hydrogen-bond acceptors (Lipinski definition) is 3. The van der Waals surface area contributed by atoms with Gasteiger partial charge in [0.1, 0.15) is 5.78 Å². The SMILES string of the molecule is CCn1nc(C)cc1CC(=O)C(CN)C(C)C. The minimum Gasteiger partial charge on any atom is -0.330 e. The lowest BCUT2D eigenvalue weighted by atomic mass is 9.89. The Morgan fingerprint density at radius 1 is 1.53 bits per heavy atom. The van der Waals surface area contributed by atoms with Gasteiger partial charge in [0.05, 0.1) is 5.69 Å². The van der Waals surface area contributed by atoms with Crippen molar-refractivity contribution >= 4 is 5.78 Å². The highest BCUT2D eigenvalue weighted by Gasteiger charge is 2.21. The van der Waals surface area contributed by atoms with E-state index in [1.807, 2.05) is 38.4 Å². The van der Waals surface area contributed by atoms with Crippen LogP contribution in [-0.4, -0.2) is 22.1 Å². The first kappa shape index (κ1) is 13.9. The smallest absolute Gasteiger partial charge is 0.143 e. The van der Waals surface area contributed by atoms with Gasteiger partial charge >= 0.3 is 0 Å². The van der Waals surface area contributed by atoms with Crippen LogP contribution in [0.3, 0.4) is 0 Å². The van der Waals surface area contributed by atoms with E-state index in [4.69, 9.17) is 5.73 Å². The Morgan fingerprint density at radius 3 is 2.65 bits per heavy atom. The second-order valence-electron chi connectivity index (χ2n) is 4.82. The van der Waals surface area contributed by atoms with Crippen LogP contribution in [0, 0.1) is 18.8 Å². The first-order valence-electron chi connectivity index (χ1n) is 6.25. The fraction of sp³-hybridized carbons (Fsp3) is 0.692. The average Bonchev–Trinajstić information content (AvgIpc) is 2.59. The van der Waals surface area contributed by atoms with Gasteiger partial charge in [0.2, 0.25) is 0 Å². The van der Waals surface area contributed by atoms with Crippen molar-refractivity contribution in [1.29, 1.82) is 0 Å². The standard InChI is InChI=1S/C13H23N3O/c1-5-16-11(6-10(4)15-16)7-13(17)12(8-14)9(2)3/h6,9,12H,5,7-8,14H2,1-4H3. The van der Waals surface area contributed by atoms with E-state index in [1.54, 1.807) is 0 Å². The molecule has 1 heterocycles. The van der Waals surface area contributed by atoms with Crippen LogP contribution < -0.4 is 5.73 Å². The van der Waals surface area contributed by atoms with Gasteiger partial charge in [0, 0.05) is 31.1 Å². The molecule has 0 aromatic carbocycles. The van der Waals surface area contributed by atoms with E-state index in [0.29, 0.717) is 18.9 Å². The molecule has 0 aliphatic carbocycles. The second kappa shape index (κ2) is 5.96. The van der Waals surface area contributed by atoms with E-state index < -0.39 is 0 Å². The van der Waals surface area contributed by atoms with E-state index in [-0.39, 0.29) is 11.7 Å². The summed E-state index contributed by atoms with van der Waals surface area (Å²) in [6.07, 6.45) is 0.439. The van der Waals surface area contributed by atoms with Crippen molar-refractivity contribution in [2.75, 3.05) is 6.54 Å². The molecule has 0 bridgehead atoms. The normalized spacial score (nSPS) is 13.1. The molecular formula is C13H23N3O. The molecule has 0 amide bonds. The molecule has 1 atom stereocenters. The molecular weight excluding hydrogens is 214 g/mol. The fourth-order valence-corrected chi connectivity index (χ4v) is 2.10. The Hall–Kier alpha value is -1.16. The molecule has 0 aliphatic rings. The van der Waals surface area contributed by atoms with Crippen molar-refractivity contribution in [3.05, 3.63) is 17.5 Å². The third-order valence-corrected chi connectivity index (χ3v) is 3.11. The minimum absolute atomic E-state index is 0.0458. The molecule has 0 saturated heterocycles. The second-order valence-corrected chi connectivity index (χ2v) is 4.82. The summed E-state index contributed by atoms with van der Waals surface area (Å²) in [6, 6.07) is 1.98. The minimum atomic E-state index is -0.0458. The predicted octanol–water partition coefficient (Wildman–Crippen LogP) is 1.55. The fourth-order valence-electron chi connectivity index (χ4n) is 2.10. The highest BCUT2D eigenvalue weighted by molar-refractivity contribution is 5.83. The first-order chi connectivity index (χ1) is 7.99. The summed E-state index contributed by atoms with van der Waals surface area (Å²) in [7, 11) is 0. The Labute approximate surface area is 103 Å². The zero-order valence-corrected chi connectivity index (χ0v) is 11.2. The van der Waals surface area contributed by atoms with Crippen LogP contribution in [0.15, 0.2) is 6.07 Å². The number of Topliss-reactive ketones (excluding diaryl/α,β-unsaturated/α-hetero) is 1. The molecule has 1 unspecified atom stereocenters. The summed E-state index contributed by atoms with van der Waals surface area (Å²) in [6.45, 7) is 9.28. The molecule has 0 radical (unpaired) electrons. The molecule has 1 aromatic rings. The van der Waals surface area contributed by atoms with Gasteiger partial charge in [-0.1, -0.05) is 13.8 Å². The van der Waals surface area contributed by atoms with Crippen LogP contribution in [0.5, 0.6) is 0 Å². The quantitative estimate of drug-likeness (QED) is 0.816. The van der Waals surface area contributed by atoms with Crippen LogP contribution in [0.4, 0.5) is 0 Å². The lowest BCUT2D eigenvalue weighted by molar-refractivity contribution is -0.123. The highest BCUT2D eigenvalue weighted by atomic mass is 16.1. The zero-order chi connectivity index (χ0) is 13.0. The van der Waals surface area contributed by atoms with Crippen molar-refractivity contribution in [1.82, 2.24) is 9.78 Å². The Morgan fingerprint density at radius 2 is 2.18 bits per heavy atom. The number of ketones is 1. The van der Waals surface area contributed by atoms with Crippen LogP contribution in [0.1, 0.15) is 32.2 Å². The number of carbonyl (C=O) groups excluding carboxylic acids is 1. The zero-order valence-electron chi connectivity index (χ0n) is 11.2. The highest BCUT2D eigenvalue weighted by Crippen LogP contribution is 2.14. The molecule has 1 aromatic heterocycles. The van der Waals surface area contributed by atoms with Gasteiger partial charge in [-0.3, -0.25) is 9.48 Å². The van der Waals surface area contributed by atoms with E-state index in [0.717, 1.165) is 17.9 Å². The maximum absolute atomic E-state index is 12.1. The number of aryl methyl sites for hydroxylation is 2. The summed E-state index contributed by atoms with van der Waals surface area (Å²) in [4.78, 5) is 12.1. The molecule has 0 fully saturated rings. The predicted molar refractivity (Wildman–Crippen MR) is 68.7 cm³/mol. The number of rotatable bonds is 6. The van der Waals surface area contributed by atoms with Crippen molar-refractivity contribution < 1.29 is 4.79 Å². The first-order valence-corrected chi connectivity index (χ1v) is 6.25. The summed E-state index contributed by atoms with van der Waals surface area (Å²) in [5.41, 5.74) is 7.62. The number of nitrogens with two attached hydrogens (primary N) is 1. The van der Waals surface area contributed by atoms with Gasteiger partial charge in [0.15, 0.2) is 0 Å². The molecule has 4 nitrogen and oxygen atoms in total. The number of aromatic nitrogens is 2. The molecule has 0 aliphatic heterocycles.